The molecule has 0 amide bonds. The van der Waals surface area contributed by atoms with Gasteiger partial charge in [-0.25, -0.2) is 0 Å². The maximum Gasteiger partial charge on any atom is 0.211 e. The van der Waals surface area contributed by atoms with Gasteiger partial charge in [0.05, 0.1) is 11.2 Å². The number of thiophene rings is 2. The molecule has 6 heteroatoms. The van der Waals surface area contributed by atoms with Gasteiger partial charge in [-0.2, -0.15) is 0 Å². The fourth-order valence-electron chi connectivity index (χ4n) is 9.81. The summed E-state index contributed by atoms with van der Waals surface area (Å²) < 4.78 is 14.7. The molecule has 4 aromatic heterocycles. The second kappa shape index (κ2) is 12.9. The van der Waals surface area contributed by atoms with Gasteiger partial charge in [0.1, 0.15) is 11.2 Å². The van der Waals surface area contributed by atoms with Crippen LogP contribution in [0.15, 0.2) is 126 Å². The van der Waals surface area contributed by atoms with Crippen molar-refractivity contribution in [2.75, 3.05) is 5.32 Å². The van der Waals surface area contributed by atoms with Gasteiger partial charge >= 0.3 is 0 Å². The standard InChI is InChI=1S/C56H48BN2OS2/c1-54(2,3)30-14-18-33(19-15-30)58-43-26-40-34-20-16-32(56(7,8)9)25-45(34)60-46(40)28-38(43)36-21-22-37-39-29-49-41(35-12-10-11-13-47(35)61-49)27-44(39)59-51(37)50(36)57-53-52(59)42-24-31(55(4,5)6)17-23-48(42)62-53/h10-29,58H,1-9H3. The van der Waals surface area contributed by atoms with E-state index >= 15 is 0 Å². The number of nitrogens with zero attached hydrogens (tertiary/aromatic N) is 1. The van der Waals surface area contributed by atoms with Crippen molar-refractivity contribution in [3.63, 3.8) is 0 Å². The van der Waals surface area contributed by atoms with E-state index in [-0.39, 0.29) is 16.2 Å². The van der Waals surface area contributed by atoms with E-state index in [0.29, 0.717) is 0 Å². The van der Waals surface area contributed by atoms with Crippen LogP contribution in [0.4, 0.5) is 11.4 Å². The SMILES string of the molecule is CC(C)(C)c1ccc(Nc2cc3c(cc2-c2ccc4c5cc6sc7ccccc7c6cc5n5c4c2[B]c2sc4ccc(C(C)(C)C)cc4c2-5)oc2cc(C(C)(C)C)ccc23)cc1. The molecule has 0 saturated carbocycles. The molecule has 1 aliphatic rings. The van der Waals surface area contributed by atoms with Crippen LogP contribution < -0.4 is 15.6 Å². The smallest absolute Gasteiger partial charge is 0.211 e. The molecule has 3 nitrogen and oxygen atoms in total. The topological polar surface area (TPSA) is 30.1 Å². The molecule has 5 heterocycles. The number of rotatable bonds is 3. The fraction of sp³-hybridized carbons (Fsp3) is 0.214. The highest BCUT2D eigenvalue weighted by Gasteiger charge is 2.31. The van der Waals surface area contributed by atoms with Crippen LogP contribution in [0.1, 0.15) is 79.0 Å². The van der Waals surface area contributed by atoms with Crippen LogP contribution in [0.25, 0.3) is 90.8 Å². The van der Waals surface area contributed by atoms with Crippen molar-refractivity contribution >= 4 is 126 Å². The minimum atomic E-state index is 0.0125. The summed E-state index contributed by atoms with van der Waals surface area (Å²) in [6.07, 6.45) is 0. The summed E-state index contributed by atoms with van der Waals surface area (Å²) >= 11 is 3.79. The number of hydrogen-bond donors (Lipinski definition) is 1. The Kier molecular flexibility index (Phi) is 7.87. The zero-order chi connectivity index (χ0) is 42.6. The molecule has 1 aliphatic heterocycles. The molecule has 0 bridgehead atoms. The van der Waals surface area contributed by atoms with Crippen molar-refractivity contribution in [1.29, 1.82) is 0 Å². The Morgan fingerprint density at radius 3 is 1.95 bits per heavy atom. The van der Waals surface area contributed by atoms with E-state index in [2.05, 4.69) is 201 Å². The van der Waals surface area contributed by atoms with Gasteiger partial charge in [0, 0.05) is 74.3 Å². The number of benzene rings is 7. The Balaban J connectivity index is 1.15. The second-order valence-electron chi connectivity index (χ2n) is 20.6. The first-order valence-corrected chi connectivity index (χ1v) is 23.5. The molecule has 0 saturated heterocycles. The van der Waals surface area contributed by atoms with Crippen molar-refractivity contribution in [2.24, 2.45) is 0 Å². The van der Waals surface area contributed by atoms with Crippen molar-refractivity contribution in [2.45, 2.75) is 78.6 Å². The van der Waals surface area contributed by atoms with Gasteiger partial charge < -0.3 is 14.3 Å². The summed E-state index contributed by atoms with van der Waals surface area (Å²) in [7, 11) is 2.48. The zero-order valence-electron chi connectivity index (χ0n) is 36.8. The summed E-state index contributed by atoms with van der Waals surface area (Å²) in [6.45, 7) is 20.5. The van der Waals surface area contributed by atoms with E-state index in [1.165, 1.54) is 90.2 Å². The molecular formula is C56H48BN2OS2. The van der Waals surface area contributed by atoms with E-state index in [1.54, 1.807) is 0 Å². The van der Waals surface area contributed by atoms with Crippen LogP contribution in [0.5, 0.6) is 0 Å². The Bertz CT molecular complexity index is 3690. The predicted octanol–water partition coefficient (Wildman–Crippen LogP) is 15.5. The third-order valence-electron chi connectivity index (χ3n) is 13.3. The van der Waals surface area contributed by atoms with Crippen LogP contribution in [-0.4, -0.2) is 11.8 Å². The first kappa shape index (κ1) is 37.9. The predicted molar refractivity (Wildman–Crippen MR) is 273 cm³/mol. The molecular weight excluding hydrogens is 792 g/mol. The summed E-state index contributed by atoms with van der Waals surface area (Å²) in [6, 6.07) is 45.9. The monoisotopic (exact) mass is 839 g/mol. The van der Waals surface area contributed by atoms with Gasteiger partial charge in [0.2, 0.25) is 7.28 Å². The third kappa shape index (κ3) is 5.69. The Hall–Kier alpha value is -5.82. The Morgan fingerprint density at radius 2 is 1.18 bits per heavy atom. The molecule has 12 rings (SSSR count). The normalized spacial score (nSPS) is 13.4. The van der Waals surface area contributed by atoms with Crippen LogP contribution in [0, 0.1) is 0 Å². The molecule has 1 radical (unpaired) electrons. The number of fused-ring (bicyclic) bond motifs is 13. The van der Waals surface area contributed by atoms with Crippen LogP contribution in [0.2, 0.25) is 0 Å². The van der Waals surface area contributed by atoms with Gasteiger partial charge in [0.25, 0.3) is 0 Å². The van der Waals surface area contributed by atoms with Crippen molar-refractivity contribution < 1.29 is 4.42 Å². The molecule has 0 fully saturated rings. The minimum absolute atomic E-state index is 0.0125. The molecule has 0 spiro atoms. The fourth-order valence-corrected chi connectivity index (χ4v) is 12.1. The lowest BCUT2D eigenvalue weighted by molar-refractivity contribution is 0.587. The highest BCUT2D eigenvalue weighted by molar-refractivity contribution is 7.29. The van der Waals surface area contributed by atoms with Crippen LogP contribution >= 0.6 is 22.7 Å². The van der Waals surface area contributed by atoms with Gasteiger partial charge in [0.15, 0.2) is 0 Å². The van der Waals surface area contributed by atoms with E-state index in [1.807, 2.05) is 22.7 Å². The number of aromatic nitrogens is 1. The van der Waals surface area contributed by atoms with E-state index in [4.69, 9.17) is 4.42 Å². The summed E-state index contributed by atoms with van der Waals surface area (Å²) in [5, 5.41) is 12.7. The lowest BCUT2D eigenvalue weighted by atomic mass is 9.63. The van der Waals surface area contributed by atoms with E-state index in [0.717, 1.165) is 38.9 Å². The van der Waals surface area contributed by atoms with Crippen molar-refractivity contribution in [3.8, 4) is 16.8 Å². The van der Waals surface area contributed by atoms with Crippen LogP contribution in [0.3, 0.4) is 0 Å². The molecule has 1 N–H and O–H groups in total. The third-order valence-corrected chi connectivity index (χ3v) is 15.6. The number of anilines is 2. The van der Waals surface area contributed by atoms with E-state index in [9.17, 15) is 0 Å². The largest absolute Gasteiger partial charge is 0.456 e. The maximum atomic E-state index is 6.82. The van der Waals surface area contributed by atoms with Gasteiger partial charge in [-0.1, -0.05) is 123 Å². The second-order valence-corrected chi connectivity index (χ2v) is 22.7. The molecule has 0 atom stereocenters. The molecule has 0 aliphatic carbocycles. The summed E-state index contributed by atoms with van der Waals surface area (Å²) in [4.78, 5) is 0. The van der Waals surface area contributed by atoms with Crippen molar-refractivity contribution in [1.82, 2.24) is 4.57 Å². The summed E-state index contributed by atoms with van der Waals surface area (Å²) in [5.41, 5.74) is 15.3. The molecule has 0 unspecified atom stereocenters. The van der Waals surface area contributed by atoms with Gasteiger partial charge in [-0.3, -0.25) is 0 Å². The van der Waals surface area contributed by atoms with E-state index < -0.39 is 0 Å². The summed E-state index contributed by atoms with van der Waals surface area (Å²) in [5.74, 6) is 0. The minimum Gasteiger partial charge on any atom is -0.456 e. The van der Waals surface area contributed by atoms with Gasteiger partial charge in [-0.05, 0) is 109 Å². The number of hydrogen-bond acceptors (Lipinski definition) is 4. The van der Waals surface area contributed by atoms with Crippen molar-refractivity contribution in [3.05, 3.63) is 138 Å². The molecule has 303 valence electrons. The first-order valence-electron chi connectivity index (χ1n) is 21.8. The highest BCUT2D eigenvalue weighted by atomic mass is 32.1. The lowest BCUT2D eigenvalue weighted by Crippen LogP contribution is -2.35. The number of nitrogens with one attached hydrogen (secondary N) is 1. The zero-order valence-corrected chi connectivity index (χ0v) is 38.4. The lowest BCUT2D eigenvalue weighted by Gasteiger charge is -2.23. The number of furan rings is 1. The highest BCUT2D eigenvalue weighted by Crippen LogP contribution is 2.46. The van der Waals surface area contributed by atoms with Crippen LogP contribution in [-0.2, 0) is 16.2 Å². The Morgan fingerprint density at radius 1 is 0.500 bits per heavy atom. The quantitative estimate of drug-likeness (QED) is 0.180. The maximum absolute atomic E-state index is 6.82. The molecule has 11 aromatic rings. The average Bonchev–Trinajstić information content (AvgIpc) is 3.97. The van der Waals surface area contributed by atoms with Gasteiger partial charge in [-0.15, -0.1) is 22.7 Å². The average molecular weight is 840 g/mol. The molecule has 62 heavy (non-hydrogen) atoms. The molecule has 7 aromatic carbocycles. The first-order chi connectivity index (χ1) is 29.6. The Labute approximate surface area is 371 Å².